The second-order valence-corrected chi connectivity index (χ2v) is 5.98. The summed E-state index contributed by atoms with van der Waals surface area (Å²) in [5, 5.41) is 3.50. The minimum absolute atomic E-state index is 0.778. The third kappa shape index (κ3) is 2.42. The van der Waals surface area contributed by atoms with Crippen molar-refractivity contribution in [1.29, 1.82) is 0 Å². The van der Waals surface area contributed by atoms with Crippen LogP contribution in [0.25, 0.3) is 0 Å². The Hall–Kier alpha value is -1.15. The van der Waals surface area contributed by atoms with Gasteiger partial charge in [0.05, 0.1) is 10.7 Å². The number of hydrogen-bond acceptors (Lipinski definition) is 2. The predicted octanol–water partition coefficient (Wildman–Crippen LogP) is 4.23. The van der Waals surface area contributed by atoms with Crippen LogP contribution >= 0.6 is 11.3 Å². The van der Waals surface area contributed by atoms with E-state index >= 15 is 0 Å². The summed E-state index contributed by atoms with van der Waals surface area (Å²) in [6.07, 6.45) is 3.66. The van der Waals surface area contributed by atoms with Gasteiger partial charge in [0.25, 0.3) is 0 Å². The Balaban J connectivity index is 1.78. The lowest BCUT2D eigenvalue weighted by Crippen LogP contribution is -1.90. The van der Waals surface area contributed by atoms with Crippen molar-refractivity contribution in [2.24, 2.45) is 0 Å². The molecule has 1 aliphatic rings. The predicted molar refractivity (Wildman–Crippen MR) is 72.8 cm³/mol. The molecule has 0 amide bonds. The van der Waals surface area contributed by atoms with Crippen LogP contribution in [-0.4, -0.2) is 4.98 Å². The average molecular weight is 243 g/mol. The fraction of sp³-hybridized carbons (Fsp3) is 0.400. The smallest absolute Gasteiger partial charge is 0.0972 e. The third-order valence-corrected chi connectivity index (χ3v) is 4.36. The molecule has 1 heterocycles. The molecule has 1 aliphatic carbocycles. The maximum Gasteiger partial charge on any atom is 0.0972 e. The summed E-state index contributed by atoms with van der Waals surface area (Å²) in [6.45, 7) is 4.34. The molecule has 1 aromatic carbocycles. The van der Waals surface area contributed by atoms with E-state index in [1.165, 1.54) is 40.2 Å². The van der Waals surface area contributed by atoms with Crippen molar-refractivity contribution in [3.8, 4) is 0 Å². The maximum atomic E-state index is 4.74. The second-order valence-electron chi connectivity index (χ2n) is 5.04. The molecule has 2 aromatic rings. The van der Waals surface area contributed by atoms with Crippen molar-refractivity contribution >= 4 is 11.3 Å². The summed E-state index contributed by atoms with van der Waals surface area (Å²) >= 11 is 1.81. The van der Waals surface area contributed by atoms with Gasteiger partial charge in [-0.3, -0.25) is 0 Å². The van der Waals surface area contributed by atoms with Crippen molar-refractivity contribution in [2.75, 3.05) is 0 Å². The topological polar surface area (TPSA) is 12.9 Å². The molecule has 0 spiro atoms. The van der Waals surface area contributed by atoms with Gasteiger partial charge in [-0.2, -0.15) is 0 Å². The molecule has 1 saturated carbocycles. The van der Waals surface area contributed by atoms with Crippen molar-refractivity contribution in [3.63, 3.8) is 0 Å². The quantitative estimate of drug-likeness (QED) is 0.786. The lowest BCUT2D eigenvalue weighted by atomic mass is 10.0. The van der Waals surface area contributed by atoms with E-state index in [0.717, 1.165) is 12.3 Å². The Kier molecular flexibility index (Phi) is 2.75. The Bertz CT molecular complexity index is 538. The zero-order valence-electron chi connectivity index (χ0n) is 10.4. The van der Waals surface area contributed by atoms with Gasteiger partial charge in [0, 0.05) is 17.7 Å². The maximum absolute atomic E-state index is 4.74. The highest BCUT2D eigenvalue weighted by Crippen LogP contribution is 2.40. The van der Waals surface area contributed by atoms with Crippen LogP contribution in [0, 0.1) is 13.8 Å². The molecule has 0 unspecified atom stereocenters. The van der Waals surface area contributed by atoms with E-state index < -0.39 is 0 Å². The minimum atomic E-state index is 0.778. The van der Waals surface area contributed by atoms with Gasteiger partial charge >= 0.3 is 0 Å². The lowest BCUT2D eigenvalue weighted by molar-refractivity contribution is 1.01. The van der Waals surface area contributed by atoms with Gasteiger partial charge < -0.3 is 0 Å². The molecule has 0 aliphatic heterocycles. The average Bonchev–Trinajstić information content (AvgIpc) is 3.06. The van der Waals surface area contributed by atoms with Crippen molar-refractivity contribution in [1.82, 2.24) is 4.98 Å². The fourth-order valence-electron chi connectivity index (χ4n) is 2.06. The van der Waals surface area contributed by atoms with Crippen molar-refractivity contribution in [3.05, 3.63) is 51.0 Å². The van der Waals surface area contributed by atoms with E-state index in [1.54, 1.807) is 0 Å². The monoisotopic (exact) mass is 243 g/mol. The van der Waals surface area contributed by atoms with Crippen molar-refractivity contribution < 1.29 is 0 Å². The lowest BCUT2D eigenvalue weighted by Gasteiger charge is -2.03. The number of benzene rings is 1. The van der Waals surface area contributed by atoms with Gasteiger partial charge in [-0.1, -0.05) is 18.2 Å². The van der Waals surface area contributed by atoms with Crippen LogP contribution in [0.3, 0.4) is 0 Å². The Labute approximate surface area is 107 Å². The number of aromatic nitrogens is 1. The molecule has 2 heteroatoms. The van der Waals surface area contributed by atoms with Crippen LogP contribution in [0.5, 0.6) is 0 Å². The summed E-state index contributed by atoms with van der Waals surface area (Å²) < 4.78 is 0. The number of aryl methyl sites for hydroxylation is 2. The second kappa shape index (κ2) is 4.26. The van der Waals surface area contributed by atoms with E-state index in [0.29, 0.717) is 0 Å². The summed E-state index contributed by atoms with van der Waals surface area (Å²) in [6, 6.07) is 6.72. The largest absolute Gasteiger partial charge is 0.246 e. The highest BCUT2D eigenvalue weighted by atomic mass is 32.1. The molecule has 17 heavy (non-hydrogen) atoms. The normalized spacial score (nSPS) is 15.2. The summed E-state index contributed by atoms with van der Waals surface area (Å²) in [4.78, 5) is 4.74. The molecule has 0 radical (unpaired) electrons. The number of thiazole rings is 1. The van der Waals surface area contributed by atoms with Crippen LogP contribution in [0.1, 0.15) is 46.2 Å². The van der Waals surface area contributed by atoms with Crippen molar-refractivity contribution in [2.45, 2.75) is 39.0 Å². The fourth-order valence-corrected chi connectivity index (χ4v) is 2.97. The molecule has 3 rings (SSSR count). The minimum Gasteiger partial charge on any atom is -0.246 e. The molecular formula is C15H17NS. The van der Waals surface area contributed by atoms with E-state index in [2.05, 4.69) is 37.4 Å². The molecule has 88 valence electrons. The first-order valence-corrected chi connectivity index (χ1v) is 7.11. The molecular weight excluding hydrogens is 226 g/mol. The highest BCUT2D eigenvalue weighted by Gasteiger charge is 2.25. The summed E-state index contributed by atoms with van der Waals surface area (Å²) in [5.74, 6) is 0.778. The molecule has 1 aromatic heterocycles. The van der Waals surface area contributed by atoms with Gasteiger partial charge in [0.15, 0.2) is 0 Å². The molecule has 0 saturated heterocycles. The highest BCUT2D eigenvalue weighted by molar-refractivity contribution is 7.09. The first-order valence-electron chi connectivity index (χ1n) is 6.23. The number of nitrogens with zero attached hydrogens (tertiary/aromatic N) is 1. The molecule has 0 atom stereocenters. The van der Waals surface area contributed by atoms with Crippen LogP contribution in [-0.2, 0) is 6.42 Å². The van der Waals surface area contributed by atoms with Gasteiger partial charge in [-0.25, -0.2) is 4.98 Å². The Morgan fingerprint density at radius 3 is 2.76 bits per heavy atom. The Morgan fingerprint density at radius 1 is 1.24 bits per heavy atom. The van der Waals surface area contributed by atoms with E-state index in [-0.39, 0.29) is 0 Å². The van der Waals surface area contributed by atoms with E-state index in [9.17, 15) is 0 Å². The molecule has 1 nitrogen and oxygen atoms in total. The molecule has 1 fully saturated rings. The van der Waals surface area contributed by atoms with Crippen LogP contribution in [0.4, 0.5) is 0 Å². The van der Waals surface area contributed by atoms with Gasteiger partial charge in [-0.05, 0) is 43.4 Å². The van der Waals surface area contributed by atoms with Crippen LogP contribution in [0.2, 0.25) is 0 Å². The number of hydrogen-bond donors (Lipinski definition) is 0. The standard InChI is InChI=1S/C15H17NS/c1-10-3-4-12(7-11(10)2)8-15-16-14(9-17-15)13-5-6-13/h3-4,7,9,13H,5-6,8H2,1-2H3. The zero-order chi connectivity index (χ0) is 11.8. The summed E-state index contributed by atoms with van der Waals surface area (Å²) in [7, 11) is 0. The molecule has 0 N–H and O–H groups in total. The van der Waals surface area contributed by atoms with Gasteiger partial charge in [-0.15, -0.1) is 11.3 Å². The third-order valence-electron chi connectivity index (χ3n) is 3.49. The van der Waals surface area contributed by atoms with E-state index in [1.807, 2.05) is 11.3 Å². The Morgan fingerprint density at radius 2 is 2.06 bits per heavy atom. The van der Waals surface area contributed by atoms with Gasteiger partial charge in [0.2, 0.25) is 0 Å². The van der Waals surface area contributed by atoms with Gasteiger partial charge in [0.1, 0.15) is 0 Å². The summed E-state index contributed by atoms with van der Waals surface area (Å²) in [5.41, 5.74) is 5.45. The number of rotatable bonds is 3. The van der Waals surface area contributed by atoms with Crippen LogP contribution < -0.4 is 0 Å². The van der Waals surface area contributed by atoms with E-state index in [4.69, 9.17) is 4.98 Å². The first kappa shape index (κ1) is 11.0. The zero-order valence-corrected chi connectivity index (χ0v) is 11.2. The van der Waals surface area contributed by atoms with Crippen LogP contribution in [0.15, 0.2) is 23.6 Å². The SMILES string of the molecule is Cc1ccc(Cc2nc(C3CC3)cs2)cc1C. The molecule has 0 bridgehead atoms. The first-order chi connectivity index (χ1) is 8.22.